The van der Waals surface area contributed by atoms with Gasteiger partial charge in [0, 0.05) is 31.4 Å². The number of carbonyl (C=O) groups is 1. The monoisotopic (exact) mass is 528 g/mol. The number of hydrogen-bond donors (Lipinski definition) is 2. The third kappa shape index (κ3) is 5.75. The fraction of sp³-hybridized carbons (Fsp3) is 0.192. The Bertz CT molecular complexity index is 1520. The first-order valence-corrected chi connectivity index (χ1v) is 11.3. The molecule has 0 bridgehead atoms. The number of nitrogens with zero attached hydrogens (tertiary/aromatic N) is 4. The van der Waals surface area contributed by atoms with Gasteiger partial charge in [0.1, 0.15) is 29.0 Å². The van der Waals surface area contributed by atoms with E-state index in [2.05, 4.69) is 27.2 Å². The second-order valence-electron chi connectivity index (χ2n) is 8.67. The smallest absolute Gasteiger partial charge is 0.294 e. The summed E-state index contributed by atoms with van der Waals surface area (Å²) in [4.78, 5) is 22.2. The lowest BCUT2D eigenvalue weighted by Gasteiger charge is -2.15. The lowest BCUT2D eigenvalue weighted by atomic mass is 10.1. The molecule has 2 aromatic heterocycles. The zero-order chi connectivity index (χ0) is 27.6. The van der Waals surface area contributed by atoms with Crippen LogP contribution in [0.2, 0.25) is 0 Å². The summed E-state index contributed by atoms with van der Waals surface area (Å²) in [5.41, 5.74) is -0.301. The van der Waals surface area contributed by atoms with Crippen LogP contribution in [-0.4, -0.2) is 46.0 Å². The molecular weight excluding hydrogens is 504 g/mol. The van der Waals surface area contributed by atoms with E-state index in [-0.39, 0.29) is 30.2 Å². The van der Waals surface area contributed by atoms with Crippen LogP contribution < -0.4 is 15.4 Å². The molecule has 0 aliphatic rings. The van der Waals surface area contributed by atoms with Gasteiger partial charge in [-0.3, -0.25) is 4.79 Å². The number of amides is 1. The summed E-state index contributed by atoms with van der Waals surface area (Å²) in [6.45, 7) is 3.21. The van der Waals surface area contributed by atoms with Gasteiger partial charge in [-0.1, -0.05) is 6.58 Å². The number of anilines is 3. The quantitative estimate of drug-likeness (QED) is 0.219. The zero-order valence-electron chi connectivity index (χ0n) is 20.7. The molecule has 0 aliphatic carbocycles. The van der Waals surface area contributed by atoms with E-state index >= 15 is 0 Å². The van der Waals surface area contributed by atoms with Crippen LogP contribution in [0.5, 0.6) is 11.5 Å². The van der Waals surface area contributed by atoms with Crippen molar-refractivity contribution in [3.63, 3.8) is 0 Å². The molecule has 198 valence electrons. The van der Waals surface area contributed by atoms with Gasteiger partial charge in [-0.05, 0) is 44.4 Å². The summed E-state index contributed by atoms with van der Waals surface area (Å²) in [5, 5.41) is 5.34. The summed E-state index contributed by atoms with van der Waals surface area (Å²) in [6.07, 6.45) is 1.77. The highest BCUT2D eigenvalue weighted by Gasteiger charge is 2.32. The van der Waals surface area contributed by atoms with E-state index in [9.17, 15) is 22.4 Å². The average molecular weight is 529 g/mol. The van der Waals surface area contributed by atoms with Crippen LogP contribution in [-0.2, 0) is 17.8 Å². The Hall–Kier alpha value is -4.45. The minimum Gasteiger partial charge on any atom is -0.457 e. The molecule has 0 aliphatic heterocycles. The highest BCUT2D eigenvalue weighted by atomic mass is 19.3. The number of pyridine rings is 1. The van der Waals surface area contributed by atoms with Crippen molar-refractivity contribution >= 4 is 34.4 Å². The van der Waals surface area contributed by atoms with E-state index in [4.69, 9.17) is 4.74 Å². The van der Waals surface area contributed by atoms with Crippen LogP contribution >= 0.6 is 0 Å². The maximum absolute atomic E-state index is 14.4. The van der Waals surface area contributed by atoms with Gasteiger partial charge >= 0.3 is 0 Å². The summed E-state index contributed by atoms with van der Waals surface area (Å²) >= 11 is 0. The first-order valence-electron chi connectivity index (χ1n) is 11.3. The minimum absolute atomic E-state index is 0.130. The number of benzene rings is 2. The number of fused-ring (bicyclic) bond motifs is 1. The Balaban J connectivity index is 1.57. The molecule has 8 nitrogen and oxygen atoms in total. The fourth-order valence-electron chi connectivity index (χ4n) is 3.63. The maximum atomic E-state index is 14.4. The number of nitrogens with one attached hydrogen (secondary N) is 2. The van der Waals surface area contributed by atoms with Crippen molar-refractivity contribution in [3.05, 3.63) is 78.5 Å². The van der Waals surface area contributed by atoms with Gasteiger partial charge in [-0.15, -0.1) is 0 Å². The van der Waals surface area contributed by atoms with Crippen molar-refractivity contribution in [2.45, 2.75) is 5.92 Å². The molecule has 2 aromatic carbocycles. The lowest BCUT2D eigenvalue weighted by molar-refractivity contribution is -0.116. The number of carbonyl (C=O) groups excluding carboxylic acids is 1. The molecule has 0 unspecified atom stereocenters. The van der Waals surface area contributed by atoms with Crippen LogP contribution in [0.3, 0.4) is 0 Å². The highest BCUT2D eigenvalue weighted by Crippen LogP contribution is 2.35. The van der Waals surface area contributed by atoms with Crippen molar-refractivity contribution < 1.29 is 27.1 Å². The molecule has 1 amide bonds. The number of allylic oxidation sites excluding steroid dienone is 1. The predicted molar refractivity (Wildman–Crippen MR) is 136 cm³/mol. The van der Waals surface area contributed by atoms with Gasteiger partial charge in [-0.2, -0.15) is 8.78 Å². The molecule has 4 rings (SSSR count). The fourth-order valence-corrected chi connectivity index (χ4v) is 3.63. The molecule has 12 heteroatoms. The topological polar surface area (TPSA) is 84.3 Å². The van der Waals surface area contributed by atoms with Crippen LogP contribution in [0.15, 0.2) is 61.3 Å². The van der Waals surface area contributed by atoms with E-state index < -0.39 is 23.1 Å². The van der Waals surface area contributed by atoms with Gasteiger partial charge in [0.25, 0.3) is 5.92 Å². The Morgan fingerprint density at radius 3 is 2.58 bits per heavy atom. The lowest BCUT2D eigenvalue weighted by Crippen LogP contribution is -2.27. The minimum atomic E-state index is -3.69. The number of likely N-dealkylation sites (N-methyl/N-ethyl adjacent to an activating group) is 1. The molecule has 2 heterocycles. The Morgan fingerprint density at radius 2 is 1.87 bits per heavy atom. The zero-order valence-corrected chi connectivity index (χ0v) is 20.7. The first-order chi connectivity index (χ1) is 18.0. The third-order valence-corrected chi connectivity index (χ3v) is 5.47. The number of imidazole rings is 1. The van der Waals surface area contributed by atoms with Crippen LogP contribution in [0.1, 0.15) is 5.56 Å². The molecule has 2 N–H and O–H groups in total. The Labute approximate surface area is 215 Å². The Kier molecular flexibility index (Phi) is 7.35. The summed E-state index contributed by atoms with van der Waals surface area (Å²) in [7, 11) is 5.19. The van der Waals surface area contributed by atoms with E-state index in [0.717, 1.165) is 0 Å². The predicted octanol–water partition coefficient (Wildman–Crippen LogP) is 5.56. The van der Waals surface area contributed by atoms with Gasteiger partial charge in [0.05, 0.1) is 28.8 Å². The van der Waals surface area contributed by atoms with Gasteiger partial charge in [-0.25, -0.2) is 18.7 Å². The number of hydrogen-bond acceptors (Lipinski definition) is 6. The highest BCUT2D eigenvalue weighted by molar-refractivity contribution is 5.91. The average Bonchev–Trinajstić information content (AvgIpc) is 3.14. The molecule has 0 fully saturated rings. The number of alkyl halides is 2. The van der Waals surface area contributed by atoms with Crippen molar-refractivity contribution in [3.8, 4) is 11.5 Å². The first kappa shape index (κ1) is 26.6. The summed E-state index contributed by atoms with van der Waals surface area (Å²) in [5.74, 6) is -5.08. The van der Waals surface area contributed by atoms with E-state index in [1.54, 1.807) is 60.9 Å². The largest absolute Gasteiger partial charge is 0.457 e. The number of halogens is 4. The molecule has 0 spiro atoms. The van der Waals surface area contributed by atoms with E-state index in [0.29, 0.717) is 40.5 Å². The van der Waals surface area contributed by atoms with Crippen molar-refractivity contribution in [2.24, 2.45) is 7.05 Å². The van der Waals surface area contributed by atoms with Gasteiger partial charge < -0.3 is 24.8 Å². The normalized spacial score (nSPS) is 11.6. The van der Waals surface area contributed by atoms with Crippen molar-refractivity contribution in [1.82, 2.24) is 19.4 Å². The molecule has 0 saturated heterocycles. The number of aryl methyl sites for hydroxylation is 1. The summed E-state index contributed by atoms with van der Waals surface area (Å²) in [6, 6.07) is 9.28. The molecular formula is C26H24F4N6O2. The maximum Gasteiger partial charge on any atom is 0.294 e. The molecule has 38 heavy (non-hydrogen) atoms. The second-order valence-corrected chi connectivity index (χ2v) is 8.67. The molecule has 0 saturated carbocycles. The van der Waals surface area contributed by atoms with Gasteiger partial charge in [0.2, 0.25) is 11.9 Å². The third-order valence-electron chi connectivity index (χ3n) is 5.47. The van der Waals surface area contributed by atoms with Crippen LogP contribution in [0, 0.1) is 11.6 Å². The van der Waals surface area contributed by atoms with Crippen molar-refractivity contribution in [2.75, 3.05) is 31.3 Å². The SMILES string of the molecule is C=CC(F)(F)c1cc(Nc2nc3cc(Oc4ccnc(NC(=O)CN(C)C)c4)ccc3n2C)c(F)cc1F. The number of ether oxygens (including phenoxy) is 1. The van der Waals surface area contributed by atoms with E-state index in [1.165, 1.54) is 6.20 Å². The molecule has 0 atom stereocenters. The molecule has 4 aromatic rings. The van der Waals surface area contributed by atoms with Crippen molar-refractivity contribution in [1.29, 1.82) is 0 Å². The molecule has 0 radical (unpaired) electrons. The van der Waals surface area contributed by atoms with Crippen LogP contribution in [0.25, 0.3) is 11.0 Å². The van der Waals surface area contributed by atoms with E-state index in [1.807, 2.05) is 0 Å². The van der Waals surface area contributed by atoms with Gasteiger partial charge in [0.15, 0.2) is 0 Å². The standard InChI is InChI=1S/C26H24F4N6O2/c1-5-26(29,30)17-12-20(19(28)13-18(17)27)32-25-33-21-10-15(6-7-22(21)36(25)4)38-16-8-9-31-23(11-16)34-24(37)14-35(2)3/h5-13H,1,14H2,2-4H3,(H,32,33)(H,31,34,37). The Morgan fingerprint density at radius 1 is 1.13 bits per heavy atom. The van der Waals surface area contributed by atoms with Crippen LogP contribution in [0.4, 0.5) is 35.0 Å². The second kappa shape index (κ2) is 10.5. The number of rotatable bonds is 9. The number of aromatic nitrogens is 3. The summed E-state index contributed by atoms with van der Waals surface area (Å²) < 4.78 is 64.0.